The van der Waals surface area contributed by atoms with E-state index in [0.717, 1.165) is 10.9 Å². The lowest BCUT2D eigenvalue weighted by Gasteiger charge is -2.35. The van der Waals surface area contributed by atoms with Crippen molar-refractivity contribution in [1.82, 2.24) is 9.55 Å². The molecule has 176 valence electrons. The van der Waals surface area contributed by atoms with Crippen LogP contribution in [-0.2, 0) is 23.5 Å². The molecule has 5 heterocycles. The summed E-state index contributed by atoms with van der Waals surface area (Å²) in [4.78, 5) is 20.2. The maximum absolute atomic E-state index is 15.3. The molecule has 1 atom stereocenters. The van der Waals surface area contributed by atoms with E-state index < -0.39 is 5.60 Å². The summed E-state index contributed by atoms with van der Waals surface area (Å²) < 4.78 is 28.4. The van der Waals surface area contributed by atoms with Gasteiger partial charge in [-0.05, 0) is 32.4 Å². The first-order valence-corrected chi connectivity index (χ1v) is 11.6. The van der Waals surface area contributed by atoms with Crippen molar-refractivity contribution in [2.75, 3.05) is 18.1 Å². The van der Waals surface area contributed by atoms with Crippen LogP contribution in [0.5, 0.6) is 5.75 Å². The van der Waals surface area contributed by atoms with Gasteiger partial charge in [0.05, 0.1) is 35.6 Å². The van der Waals surface area contributed by atoms with Gasteiger partial charge in [-0.3, -0.25) is 4.79 Å². The third kappa shape index (κ3) is 2.66. The number of aromatic nitrogens is 2. The van der Waals surface area contributed by atoms with Crippen LogP contribution in [0.25, 0.3) is 22.3 Å². The second-order valence-electron chi connectivity index (χ2n) is 9.47. The van der Waals surface area contributed by atoms with Crippen molar-refractivity contribution < 1.29 is 19.0 Å². The van der Waals surface area contributed by atoms with Crippen molar-refractivity contribution in [2.24, 2.45) is 0 Å². The quantitative estimate of drug-likeness (QED) is 0.487. The molecule has 1 aromatic carbocycles. The highest BCUT2D eigenvalue weighted by Gasteiger charge is 2.41. The molecule has 0 radical (unpaired) electrons. The lowest BCUT2D eigenvalue weighted by Crippen LogP contribution is -2.38. The molecule has 34 heavy (non-hydrogen) atoms. The molecule has 7 nitrogen and oxygen atoms in total. The highest BCUT2D eigenvalue weighted by Crippen LogP contribution is 2.45. The Kier molecular flexibility index (Phi) is 4.39. The van der Waals surface area contributed by atoms with E-state index in [-0.39, 0.29) is 29.8 Å². The minimum atomic E-state index is -1.44. The van der Waals surface area contributed by atoms with Gasteiger partial charge in [0.25, 0.3) is 5.56 Å². The number of hydrogen-bond acceptors (Lipinski definition) is 6. The maximum Gasteiger partial charge on any atom is 0.258 e. The van der Waals surface area contributed by atoms with Gasteiger partial charge in [0, 0.05) is 28.6 Å². The van der Waals surface area contributed by atoms with Crippen molar-refractivity contribution in [1.29, 1.82) is 0 Å². The van der Waals surface area contributed by atoms with Gasteiger partial charge in [-0.2, -0.15) is 0 Å². The van der Waals surface area contributed by atoms with Crippen LogP contribution in [0.15, 0.2) is 35.3 Å². The fourth-order valence-electron chi connectivity index (χ4n) is 5.45. The van der Waals surface area contributed by atoms with Crippen molar-refractivity contribution in [3.63, 3.8) is 0 Å². The van der Waals surface area contributed by atoms with Crippen molar-refractivity contribution in [2.45, 2.75) is 52.0 Å². The van der Waals surface area contributed by atoms with Gasteiger partial charge < -0.3 is 24.0 Å². The molecule has 0 saturated heterocycles. The fraction of sp³-hybridized carbons (Fsp3) is 0.385. The van der Waals surface area contributed by atoms with E-state index in [1.165, 1.54) is 6.07 Å². The van der Waals surface area contributed by atoms with E-state index in [0.29, 0.717) is 65.6 Å². The smallest absolute Gasteiger partial charge is 0.258 e. The molecule has 1 N–H and O–H groups in total. The molecule has 0 unspecified atom stereocenters. The zero-order valence-electron chi connectivity index (χ0n) is 19.4. The first-order chi connectivity index (χ1) is 16.2. The van der Waals surface area contributed by atoms with E-state index in [9.17, 15) is 9.90 Å². The number of rotatable bonds is 2. The summed E-state index contributed by atoms with van der Waals surface area (Å²) in [5.41, 5.74) is 2.27. The fourth-order valence-corrected chi connectivity index (χ4v) is 5.45. The van der Waals surface area contributed by atoms with Crippen LogP contribution in [-0.4, -0.2) is 33.9 Å². The molecule has 2 aromatic heterocycles. The van der Waals surface area contributed by atoms with Gasteiger partial charge in [0.2, 0.25) is 0 Å². The standard InChI is InChI=1S/C26H26FN3O4/c1-5-26(32)14(4)34-12-17-18(26)9-21-22-15(11-30(21)25(17)31)8-16-20(28-22)10-19(27)23-24(16)33-7-6-29(23)13(2)3/h8-10,13,32H,4-7,11-12H2,1-3H3/t26-/m1/s1. The molecule has 0 bridgehead atoms. The lowest BCUT2D eigenvalue weighted by atomic mass is 9.84. The minimum absolute atomic E-state index is 0.0684. The Balaban J connectivity index is 1.58. The number of nitrogens with zero attached hydrogens (tertiary/aromatic N) is 3. The van der Waals surface area contributed by atoms with Gasteiger partial charge in [0.1, 0.15) is 30.3 Å². The van der Waals surface area contributed by atoms with Gasteiger partial charge in [-0.25, -0.2) is 9.37 Å². The number of ether oxygens (including phenoxy) is 2. The second kappa shape index (κ2) is 7.06. The molecule has 8 heteroatoms. The van der Waals surface area contributed by atoms with E-state index >= 15 is 4.39 Å². The van der Waals surface area contributed by atoms with E-state index in [2.05, 4.69) is 6.58 Å². The summed E-state index contributed by atoms with van der Waals surface area (Å²) in [6.07, 6.45) is 0.320. The van der Waals surface area contributed by atoms with E-state index in [1.807, 2.05) is 37.8 Å². The third-order valence-electron chi connectivity index (χ3n) is 7.35. The monoisotopic (exact) mass is 463 g/mol. The molecule has 0 aliphatic carbocycles. The summed E-state index contributed by atoms with van der Waals surface area (Å²) in [7, 11) is 0. The second-order valence-corrected chi connectivity index (χ2v) is 9.47. The normalized spacial score (nSPS) is 20.5. The van der Waals surface area contributed by atoms with Crippen LogP contribution < -0.4 is 15.2 Å². The third-order valence-corrected chi connectivity index (χ3v) is 7.35. The van der Waals surface area contributed by atoms with Gasteiger partial charge >= 0.3 is 0 Å². The average Bonchev–Trinajstić information content (AvgIpc) is 3.18. The SMILES string of the molecule is C=C1OCc2c(cc3n(c2=O)Cc2cc4c5c(c(F)cc4nc2-3)N(C(C)C)CCO5)[C@@]1(O)CC. The number of halogens is 1. The van der Waals surface area contributed by atoms with E-state index in [1.54, 1.807) is 4.57 Å². The average molecular weight is 464 g/mol. The Hall–Kier alpha value is -3.39. The molecular formula is C26H26FN3O4. The predicted octanol–water partition coefficient (Wildman–Crippen LogP) is 3.81. The van der Waals surface area contributed by atoms with Crippen LogP contribution in [0.4, 0.5) is 10.1 Å². The first-order valence-electron chi connectivity index (χ1n) is 11.6. The number of anilines is 1. The number of hydrogen-bond donors (Lipinski definition) is 1. The van der Waals surface area contributed by atoms with Crippen LogP contribution in [0.2, 0.25) is 0 Å². The van der Waals surface area contributed by atoms with Crippen LogP contribution in [0, 0.1) is 5.82 Å². The molecule has 3 aromatic rings. The zero-order chi connectivity index (χ0) is 23.9. The molecule has 3 aliphatic rings. The summed E-state index contributed by atoms with van der Waals surface area (Å²) in [5.74, 6) is 0.355. The van der Waals surface area contributed by atoms with Crippen molar-refractivity contribution >= 4 is 16.6 Å². The highest BCUT2D eigenvalue weighted by molar-refractivity contribution is 5.94. The zero-order valence-corrected chi connectivity index (χ0v) is 19.4. The van der Waals surface area contributed by atoms with Gasteiger partial charge in [0.15, 0.2) is 11.6 Å². The Morgan fingerprint density at radius 1 is 1.29 bits per heavy atom. The summed E-state index contributed by atoms with van der Waals surface area (Å²) in [6, 6.07) is 5.33. The number of pyridine rings is 2. The first kappa shape index (κ1) is 21.2. The van der Waals surface area contributed by atoms with Crippen LogP contribution in [0.1, 0.15) is 43.9 Å². The molecule has 0 saturated carbocycles. The summed E-state index contributed by atoms with van der Waals surface area (Å²) in [5, 5.41) is 12.0. The Labute approximate surface area is 196 Å². The van der Waals surface area contributed by atoms with Gasteiger partial charge in [-0.1, -0.05) is 13.5 Å². The number of aliphatic hydroxyl groups is 1. The summed E-state index contributed by atoms with van der Waals surface area (Å²) in [6.45, 7) is 11.2. The molecule has 3 aliphatic heterocycles. The Morgan fingerprint density at radius 2 is 2.09 bits per heavy atom. The predicted molar refractivity (Wildman–Crippen MR) is 127 cm³/mol. The number of fused-ring (bicyclic) bond motifs is 7. The minimum Gasteiger partial charge on any atom is -0.490 e. The summed E-state index contributed by atoms with van der Waals surface area (Å²) >= 11 is 0. The van der Waals surface area contributed by atoms with E-state index in [4.69, 9.17) is 14.5 Å². The molecular weight excluding hydrogens is 437 g/mol. The molecule has 0 amide bonds. The topological polar surface area (TPSA) is 76.8 Å². The molecule has 6 rings (SSSR count). The Bertz CT molecular complexity index is 1460. The van der Waals surface area contributed by atoms with Crippen molar-refractivity contribution in [3.05, 3.63) is 63.4 Å². The highest BCUT2D eigenvalue weighted by atomic mass is 19.1. The largest absolute Gasteiger partial charge is 0.490 e. The lowest BCUT2D eigenvalue weighted by molar-refractivity contribution is -0.0172. The van der Waals surface area contributed by atoms with Crippen LogP contribution >= 0.6 is 0 Å². The number of benzene rings is 1. The van der Waals surface area contributed by atoms with Crippen LogP contribution in [0.3, 0.4) is 0 Å². The van der Waals surface area contributed by atoms with Gasteiger partial charge in [-0.15, -0.1) is 0 Å². The molecule has 0 fully saturated rings. The molecule has 0 spiro atoms. The maximum atomic E-state index is 15.3. The van der Waals surface area contributed by atoms with Crippen molar-refractivity contribution in [3.8, 4) is 17.1 Å². The Morgan fingerprint density at radius 3 is 2.82 bits per heavy atom.